The van der Waals surface area contributed by atoms with Crippen molar-refractivity contribution in [3.05, 3.63) is 65.2 Å². The van der Waals surface area contributed by atoms with E-state index in [9.17, 15) is 18.0 Å². The molecule has 134 valence electrons. The summed E-state index contributed by atoms with van der Waals surface area (Å²) in [7, 11) is 1.58. The van der Waals surface area contributed by atoms with Gasteiger partial charge in [-0.15, -0.1) is 0 Å². The second kappa shape index (κ2) is 8.53. The highest BCUT2D eigenvalue weighted by Crippen LogP contribution is 2.31. The summed E-state index contributed by atoms with van der Waals surface area (Å²) >= 11 is 0. The number of carbonyl (C=O) groups is 1. The van der Waals surface area contributed by atoms with E-state index < -0.39 is 23.2 Å². The predicted octanol–water partition coefficient (Wildman–Crippen LogP) is 3.66. The number of benzene rings is 2. The number of hydrogen-bond donors (Lipinski definition) is 1. The normalized spacial score (nSPS) is 11.2. The highest BCUT2D eigenvalue weighted by Gasteiger charge is 2.34. The van der Waals surface area contributed by atoms with Crippen LogP contribution in [0, 0.1) is 0 Å². The summed E-state index contributed by atoms with van der Waals surface area (Å²) in [6.07, 6.45) is -4.57. The van der Waals surface area contributed by atoms with Gasteiger partial charge >= 0.3 is 6.18 Å². The lowest BCUT2D eigenvalue weighted by Crippen LogP contribution is -2.25. The first kappa shape index (κ1) is 18.8. The van der Waals surface area contributed by atoms with Gasteiger partial charge in [-0.3, -0.25) is 4.79 Å². The van der Waals surface area contributed by atoms with Gasteiger partial charge in [0, 0.05) is 13.7 Å². The predicted molar refractivity (Wildman–Crippen MR) is 86.4 cm³/mol. The standard InChI is InChI=1S/C18H18F3NO3/c1-24-10-11-25-14-8-6-13(7-9-14)12-22-17(23)15-4-2-3-5-16(15)18(19,20)21/h2-9H,10-12H2,1H3,(H,22,23). The largest absolute Gasteiger partial charge is 0.491 e. The van der Waals surface area contributed by atoms with Crippen molar-refractivity contribution in [3.63, 3.8) is 0 Å². The Labute approximate surface area is 143 Å². The van der Waals surface area contributed by atoms with E-state index in [-0.39, 0.29) is 6.54 Å². The van der Waals surface area contributed by atoms with E-state index in [1.165, 1.54) is 12.1 Å². The third-order valence-corrected chi connectivity index (χ3v) is 3.41. The van der Waals surface area contributed by atoms with Crippen molar-refractivity contribution >= 4 is 5.91 Å². The van der Waals surface area contributed by atoms with Gasteiger partial charge in [-0.2, -0.15) is 13.2 Å². The molecule has 7 heteroatoms. The highest BCUT2D eigenvalue weighted by atomic mass is 19.4. The molecular weight excluding hydrogens is 335 g/mol. The summed E-state index contributed by atoms with van der Waals surface area (Å²) in [6.45, 7) is 1.00. The molecule has 1 N–H and O–H groups in total. The minimum Gasteiger partial charge on any atom is -0.491 e. The zero-order chi connectivity index (χ0) is 18.3. The maximum absolute atomic E-state index is 12.9. The van der Waals surface area contributed by atoms with E-state index in [0.29, 0.717) is 19.0 Å². The van der Waals surface area contributed by atoms with E-state index in [1.54, 1.807) is 31.4 Å². The summed E-state index contributed by atoms with van der Waals surface area (Å²) in [5, 5.41) is 2.50. The average molecular weight is 353 g/mol. The molecule has 0 heterocycles. The van der Waals surface area contributed by atoms with Crippen molar-refractivity contribution in [3.8, 4) is 5.75 Å². The topological polar surface area (TPSA) is 47.6 Å². The lowest BCUT2D eigenvalue weighted by molar-refractivity contribution is -0.137. The fourth-order valence-electron chi connectivity index (χ4n) is 2.15. The summed E-state index contributed by atoms with van der Waals surface area (Å²) in [5.74, 6) is -0.122. The number of alkyl halides is 3. The third kappa shape index (κ3) is 5.49. The Morgan fingerprint density at radius 1 is 1.04 bits per heavy atom. The summed E-state index contributed by atoms with van der Waals surface area (Å²) in [5.41, 5.74) is -0.596. The van der Waals surface area contributed by atoms with Gasteiger partial charge in [0.05, 0.1) is 17.7 Å². The molecule has 0 radical (unpaired) electrons. The van der Waals surface area contributed by atoms with Crippen molar-refractivity contribution in [2.45, 2.75) is 12.7 Å². The Bertz CT molecular complexity index is 699. The Morgan fingerprint density at radius 3 is 2.36 bits per heavy atom. The zero-order valence-corrected chi connectivity index (χ0v) is 13.6. The van der Waals surface area contributed by atoms with E-state index in [0.717, 1.165) is 17.7 Å². The maximum atomic E-state index is 12.9. The SMILES string of the molecule is COCCOc1ccc(CNC(=O)c2ccccc2C(F)(F)F)cc1. The molecule has 2 rings (SSSR count). The molecule has 0 saturated heterocycles. The second-order valence-electron chi connectivity index (χ2n) is 5.21. The molecule has 2 aromatic rings. The quantitative estimate of drug-likeness (QED) is 0.773. The lowest BCUT2D eigenvalue weighted by atomic mass is 10.1. The summed E-state index contributed by atoms with van der Waals surface area (Å²) in [6, 6.07) is 11.6. The number of rotatable bonds is 7. The zero-order valence-electron chi connectivity index (χ0n) is 13.6. The molecule has 0 aliphatic heterocycles. The number of amides is 1. The third-order valence-electron chi connectivity index (χ3n) is 3.41. The molecule has 0 spiro atoms. The van der Waals surface area contributed by atoms with E-state index in [1.807, 2.05) is 0 Å². The molecular formula is C18H18F3NO3. The molecule has 0 fully saturated rings. The number of ether oxygens (including phenoxy) is 2. The van der Waals surface area contributed by atoms with Crippen molar-refractivity contribution in [2.24, 2.45) is 0 Å². The number of halogens is 3. The fourth-order valence-corrected chi connectivity index (χ4v) is 2.15. The van der Waals surface area contributed by atoms with Crippen LogP contribution in [0.4, 0.5) is 13.2 Å². The highest BCUT2D eigenvalue weighted by molar-refractivity contribution is 5.95. The first-order valence-electron chi connectivity index (χ1n) is 7.57. The number of carbonyl (C=O) groups excluding carboxylic acids is 1. The van der Waals surface area contributed by atoms with Crippen LogP contribution in [0.3, 0.4) is 0 Å². The Balaban J connectivity index is 1.97. The van der Waals surface area contributed by atoms with Gasteiger partial charge < -0.3 is 14.8 Å². The van der Waals surface area contributed by atoms with Crippen LogP contribution >= 0.6 is 0 Å². The van der Waals surface area contributed by atoms with Gasteiger partial charge in [-0.05, 0) is 29.8 Å². The van der Waals surface area contributed by atoms with Gasteiger partial charge in [0.25, 0.3) is 5.91 Å². The van der Waals surface area contributed by atoms with Gasteiger partial charge in [-0.1, -0.05) is 24.3 Å². The van der Waals surface area contributed by atoms with Crippen LogP contribution in [0.1, 0.15) is 21.5 Å². The number of methoxy groups -OCH3 is 1. The van der Waals surface area contributed by atoms with E-state index in [4.69, 9.17) is 9.47 Å². The molecule has 0 unspecified atom stereocenters. The van der Waals surface area contributed by atoms with Gasteiger partial charge in [-0.25, -0.2) is 0 Å². The molecule has 0 atom stereocenters. The summed E-state index contributed by atoms with van der Waals surface area (Å²) in [4.78, 5) is 12.1. The Hall–Kier alpha value is -2.54. The Morgan fingerprint density at radius 2 is 1.72 bits per heavy atom. The summed E-state index contributed by atoms with van der Waals surface area (Å²) < 4.78 is 49.1. The maximum Gasteiger partial charge on any atom is 0.417 e. The van der Waals surface area contributed by atoms with Crippen LogP contribution in [-0.2, 0) is 17.5 Å². The number of nitrogens with one attached hydrogen (secondary N) is 1. The molecule has 0 bridgehead atoms. The van der Waals surface area contributed by atoms with E-state index >= 15 is 0 Å². The van der Waals surface area contributed by atoms with Crippen molar-refractivity contribution in [2.75, 3.05) is 20.3 Å². The van der Waals surface area contributed by atoms with Crippen LogP contribution in [-0.4, -0.2) is 26.2 Å². The van der Waals surface area contributed by atoms with Gasteiger partial charge in [0.15, 0.2) is 0 Å². The molecule has 0 aromatic heterocycles. The first-order chi connectivity index (χ1) is 11.9. The molecule has 1 amide bonds. The minimum atomic E-state index is -4.57. The molecule has 25 heavy (non-hydrogen) atoms. The molecule has 0 aliphatic rings. The fraction of sp³-hybridized carbons (Fsp3) is 0.278. The van der Waals surface area contributed by atoms with Crippen molar-refractivity contribution < 1.29 is 27.4 Å². The van der Waals surface area contributed by atoms with Gasteiger partial charge in [0.1, 0.15) is 12.4 Å². The smallest absolute Gasteiger partial charge is 0.417 e. The Kier molecular flexibility index (Phi) is 6.41. The van der Waals surface area contributed by atoms with Crippen molar-refractivity contribution in [1.82, 2.24) is 5.32 Å². The van der Waals surface area contributed by atoms with Crippen LogP contribution in [0.5, 0.6) is 5.75 Å². The second-order valence-corrected chi connectivity index (χ2v) is 5.21. The van der Waals surface area contributed by atoms with Gasteiger partial charge in [0.2, 0.25) is 0 Å². The molecule has 0 saturated carbocycles. The van der Waals surface area contributed by atoms with E-state index in [2.05, 4.69) is 5.32 Å². The van der Waals surface area contributed by atoms with Crippen molar-refractivity contribution in [1.29, 1.82) is 0 Å². The van der Waals surface area contributed by atoms with Crippen LogP contribution in [0.25, 0.3) is 0 Å². The average Bonchev–Trinajstić information content (AvgIpc) is 2.60. The first-order valence-corrected chi connectivity index (χ1v) is 7.57. The monoisotopic (exact) mass is 353 g/mol. The molecule has 4 nitrogen and oxygen atoms in total. The molecule has 0 aliphatic carbocycles. The minimum absolute atomic E-state index is 0.114. The van der Waals surface area contributed by atoms with Crippen LogP contribution < -0.4 is 10.1 Å². The number of hydrogen-bond acceptors (Lipinski definition) is 3. The molecule has 2 aromatic carbocycles. The van der Waals surface area contributed by atoms with Crippen LogP contribution in [0.2, 0.25) is 0 Å². The lowest BCUT2D eigenvalue weighted by Gasteiger charge is -2.13. The van der Waals surface area contributed by atoms with Crippen LogP contribution in [0.15, 0.2) is 48.5 Å².